The second-order valence-corrected chi connectivity index (χ2v) is 15.5. The van der Waals surface area contributed by atoms with E-state index >= 15 is 4.39 Å². The van der Waals surface area contributed by atoms with E-state index in [-0.39, 0.29) is 65.2 Å². The van der Waals surface area contributed by atoms with Gasteiger partial charge < -0.3 is 25.0 Å². The van der Waals surface area contributed by atoms with Gasteiger partial charge in [-0.2, -0.15) is 0 Å². The van der Waals surface area contributed by atoms with Gasteiger partial charge in [-0.25, -0.2) is 24.2 Å². The SMILES string of the molecule is Cn1cnc2c(F)c(Nc3ccc(Br)cc3F)c(C(=O)NOCCNC(=O)C3CCN(CC4CCN(c5cc(C6CCC(=O)NC6=O)ccn5)CC4)CC3)cc21. The number of piperidine rings is 3. The van der Waals surface area contributed by atoms with Gasteiger partial charge in [-0.3, -0.25) is 29.3 Å². The first-order chi connectivity index (χ1) is 27.0. The molecule has 56 heavy (non-hydrogen) atoms. The van der Waals surface area contributed by atoms with Gasteiger partial charge in [-0.05, 0) is 93.1 Å². The molecule has 4 N–H and O–H groups in total. The van der Waals surface area contributed by atoms with Crippen LogP contribution in [0.4, 0.5) is 26.0 Å². The Morgan fingerprint density at radius 1 is 1.00 bits per heavy atom. The third kappa shape index (κ3) is 9.00. The van der Waals surface area contributed by atoms with E-state index in [1.54, 1.807) is 23.9 Å². The molecule has 4 aromatic rings. The smallest absolute Gasteiger partial charge is 0.277 e. The van der Waals surface area contributed by atoms with Crippen LogP contribution in [-0.2, 0) is 26.3 Å². The average Bonchev–Trinajstić information content (AvgIpc) is 3.57. The molecule has 3 aliphatic rings. The predicted molar refractivity (Wildman–Crippen MR) is 208 cm³/mol. The number of carbonyl (C=O) groups excluding carboxylic acids is 4. The quantitative estimate of drug-likeness (QED) is 0.0897. The molecule has 1 atom stereocenters. The van der Waals surface area contributed by atoms with Crippen molar-refractivity contribution < 1.29 is 32.8 Å². The molecule has 7 rings (SSSR count). The Morgan fingerprint density at radius 2 is 1.79 bits per heavy atom. The highest BCUT2D eigenvalue weighted by Gasteiger charge is 2.31. The molecular weight excluding hydrogens is 792 g/mol. The number of likely N-dealkylation sites (tertiary alicyclic amines) is 1. The molecular formula is C39H44BrF2N9O5. The predicted octanol–water partition coefficient (Wildman–Crippen LogP) is 4.68. The lowest BCUT2D eigenvalue weighted by molar-refractivity contribution is -0.134. The molecule has 2 aromatic heterocycles. The number of nitrogens with one attached hydrogen (secondary N) is 4. The van der Waals surface area contributed by atoms with Crippen molar-refractivity contribution in [2.24, 2.45) is 18.9 Å². The second kappa shape index (κ2) is 17.4. The Labute approximate surface area is 330 Å². The molecule has 1 unspecified atom stereocenters. The van der Waals surface area contributed by atoms with Gasteiger partial charge in [0, 0.05) is 56.2 Å². The number of imide groups is 1. The maximum absolute atomic E-state index is 15.6. The van der Waals surface area contributed by atoms with Crippen molar-refractivity contribution in [1.82, 2.24) is 35.5 Å². The van der Waals surface area contributed by atoms with E-state index in [0.29, 0.717) is 28.7 Å². The number of halogens is 3. The van der Waals surface area contributed by atoms with E-state index in [0.717, 1.165) is 69.8 Å². The van der Waals surface area contributed by atoms with Crippen LogP contribution in [-0.4, -0.2) is 88.9 Å². The molecule has 0 spiro atoms. The zero-order valence-electron chi connectivity index (χ0n) is 31.0. The number of hydrogen-bond acceptors (Lipinski definition) is 10. The molecule has 3 fully saturated rings. The minimum Gasteiger partial charge on any atom is -0.357 e. The van der Waals surface area contributed by atoms with Gasteiger partial charge in [-0.15, -0.1) is 0 Å². The fourth-order valence-corrected chi connectivity index (χ4v) is 8.05. The summed E-state index contributed by atoms with van der Waals surface area (Å²) >= 11 is 3.20. The van der Waals surface area contributed by atoms with E-state index < -0.39 is 17.5 Å². The molecule has 0 saturated carbocycles. The van der Waals surface area contributed by atoms with Crippen molar-refractivity contribution >= 4 is 67.8 Å². The van der Waals surface area contributed by atoms with Crippen LogP contribution >= 0.6 is 15.9 Å². The van der Waals surface area contributed by atoms with Gasteiger partial charge in [0.05, 0.1) is 41.3 Å². The molecule has 17 heteroatoms. The number of hydroxylamine groups is 1. The number of benzene rings is 2. The van der Waals surface area contributed by atoms with Gasteiger partial charge >= 0.3 is 0 Å². The van der Waals surface area contributed by atoms with Crippen molar-refractivity contribution in [3.63, 3.8) is 0 Å². The van der Waals surface area contributed by atoms with Crippen LogP contribution in [0.5, 0.6) is 0 Å². The summed E-state index contributed by atoms with van der Waals surface area (Å²) in [7, 11) is 1.67. The van der Waals surface area contributed by atoms with Crippen LogP contribution in [0.1, 0.15) is 60.4 Å². The molecule has 0 bridgehead atoms. The standard InChI is InChI=1S/C39H44BrF2N9O5/c1-49-22-45-36-31(49)20-28(35(34(36)42)46-30-4-2-26(40)19-29(30)41)39(55)48-56-17-12-44-37(53)24-9-13-50(14-10-24)21-23-7-15-51(16-8-23)32-18-25(6-11-43-32)27-3-5-33(52)47-38(27)54/h2,4,6,11,18-20,22-24,27,46H,3,5,7-10,12-17,21H2,1H3,(H,44,53)(H,48,55)(H,47,52,54). The van der Waals surface area contributed by atoms with E-state index in [2.05, 4.69) is 57.1 Å². The number of carbonyl (C=O) groups is 4. The van der Waals surface area contributed by atoms with Crippen LogP contribution < -0.4 is 26.3 Å². The highest BCUT2D eigenvalue weighted by Crippen LogP contribution is 2.33. The summed E-state index contributed by atoms with van der Waals surface area (Å²) in [4.78, 5) is 68.9. The average molecular weight is 837 g/mol. The minimum atomic E-state index is -0.816. The normalized spacial score (nSPS) is 18.6. The molecule has 3 saturated heterocycles. The monoisotopic (exact) mass is 835 g/mol. The molecule has 2 aromatic carbocycles. The first-order valence-corrected chi connectivity index (χ1v) is 19.7. The van der Waals surface area contributed by atoms with Crippen LogP contribution in [0.15, 0.2) is 53.4 Å². The molecule has 4 amide bonds. The molecule has 296 valence electrons. The topological polar surface area (TPSA) is 163 Å². The number of rotatable bonds is 12. The van der Waals surface area contributed by atoms with Crippen molar-refractivity contribution in [3.8, 4) is 0 Å². The van der Waals surface area contributed by atoms with Gasteiger partial charge in [-0.1, -0.05) is 15.9 Å². The summed E-state index contributed by atoms with van der Waals surface area (Å²) in [5.74, 6) is -1.80. The summed E-state index contributed by atoms with van der Waals surface area (Å²) < 4.78 is 32.3. The van der Waals surface area contributed by atoms with Crippen LogP contribution in [0.25, 0.3) is 11.0 Å². The number of aromatic nitrogens is 3. The molecule has 5 heterocycles. The molecule has 3 aliphatic heterocycles. The van der Waals surface area contributed by atoms with Crippen LogP contribution in [0, 0.1) is 23.5 Å². The zero-order chi connectivity index (χ0) is 39.3. The largest absolute Gasteiger partial charge is 0.357 e. The number of aryl methyl sites for hydroxylation is 1. The first-order valence-electron chi connectivity index (χ1n) is 18.9. The number of nitrogens with zero attached hydrogens (tertiary/aromatic N) is 5. The fourth-order valence-electron chi connectivity index (χ4n) is 7.72. The lowest BCUT2D eigenvalue weighted by Gasteiger charge is -2.38. The Hall–Kier alpha value is -5.00. The molecule has 0 radical (unpaired) electrons. The molecule has 0 aliphatic carbocycles. The zero-order valence-corrected chi connectivity index (χ0v) is 32.5. The fraction of sp³-hybridized carbons (Fsp3) is 0.436. The number of fused-ring (bicyclic) bond motifs is 1. The number of pyridine rings is 1. The van der Waals surface area contributed by atoms with Crippen molar-refractivity contribution in [1.29, 1.82) is 0 Å². The van der Waals surface area contributed by atoms with Gasteiger partial charge in [0.1, 0.15) is 17.2 Å². The lowest BCUT2D eigenvalue weighted by Crippen LogP contribution is -2.44. The Balaban J connectivity index is 0.826. The van der Waals surface area contributed by atoms with Crippen molar-refractivity contribution in [3.05, 3.63) is 76.2 Å². The maximum Gasteiger partial charge on any atom is 0.277 e. The van der Waals surface area contributed by atoms with Gasteiger partial charge in [0.25, 0.3) is 5.91 Å². The summed E-state index contributed by atoms with van der Waals surface area (Å²) in [6.45, 7) is 4.53. The summed E-state index contributed by atoms with van der Waals surface area (Å²) in [6.07, 6.45) is 7.55. The van der Waals surface area contributed by atoms with E-state index in [1.165, 1.54) is 24.5 Å². The maximum atomic E-state index is 15.6. The first kappa shape index (κ1) is 39.2. The summed E-state index contributed by atoms with van der Waals surface area (Å²) in [5, 5.41) is 8.03. The van der Waals surface area contributed by atoms with E-state index in [9.17, 15) is 23.6 Å². The van der Waals surface area contributed by atoms with Crippen molar-refractivity contribution in [2.75, 3.05) is 56.1 Å². The van der Waals surface area contributed by atoms with Crippen LogP contribution in [0.2, 0.25) is 0 Å². The minimum absolute atomic E-state index is 0.0186. The third-order valence-corrected chi connectivity index (χ3v) is 11.4. The van der Waals surface area contributed by atoms with Crippen LogP contribution in [0.3, 0.4) is 0 Å². The number of amides is 4. The Bertz CT molecular complexity index is 2120. The summed E-state index contributed by atoms with van der Waals surface area (Å²) in [6, 6.07) is 9.52. The van der Waals surface area contributed by atoms with Crippen molar-refractivity contribution in [2.45, 2.75) is 44.4 Å². The van der Waals surface area contributed by atoms with Gasteiger partial charge in [0.2, 0.25) is 17.7 Å². The Morgan fingerprint density at radius 3 is 2.54 bits per heavy atom. The highest BCUT2D eigenvalue weighted by molar-refractivity contribution is 9.10. The third-order valence-electron chi connectivity index (χ3n) is 10.9. The van der Waals surface area contributed by atoms with E-state index in [1.807, 2.05) is 12.1 Å². The Kier molecular flexibility index (Phi) is 12.2. The summed E-state index contributed by atoms with van der Waals surface area (Å²) in [5.41, 5.74) is 3.19. The molecule has 14 nitrogen and oxygen atoms in total. The van der Waals surface area contributed by atoms with Gasteiger partial charge in [0.15, 0.2) is 5.82 Å². The number of hydrogen-bond donors (Lipinski definition) is 4. The van der Waals surface area contributed by atoms with E-state index in [4.69, 9.17) is 4.84 Å². The second-order valence-electron chi connectivity index (χ2n) is 14.6. The highest BCUT2D eigenvalue weighted by atomic mass is 79.9. The lowest BCUT2D eigenvalue weighted by atomic mass is 9.90. The number of imidazole rings is 1. The number of anilines is 3.